The second-order valence-corrected chi connectivity index (χ2v) is 7.48. The Balaban J connectivity index is 1.59. The summed E-state index contributed by atoms with van der Waals surface area (Å²) in [6.45, 7) is 1.34. The summed E-state index contributed by atoms with van der Waals surface area (Å²) in [4.78, 5) is 61.1. The van der Waals surface area contributed by atoms with Crippen LogP contribution in [0.1, 0.15) is 53.3 Å². The van der Waals surface area contributed by atoms with E-state index in [1.54, 1.807) is 6.07 Å². The van der Waals surface area contributed by atoms with Gasteiger partial charge in [0.2, 0.25) is 0 Å². The molecule has 2 N–H and O–H groups in total. The minimum atomic E-state index is -0.993. The molecule has 0 unspecified atom stereocenters. The number of hydrogen-bond acceptors (Lipinski definition) is 7. The maximum Gasteiger partial charge on any atom is 0.344 e. The van der Waals surface area contributed by atoms with E-state index >= 15 is 0 Å². The number of carbonyl (C=O) groups excluding carboxylic acids is 5. The van der Waals surface area contributed by atoms with E-state index in [-0.39, 0.29) is 11.1 Å². The Hall–Kier alpha value is -3.43. The van der Waals surface area contributed by atoms with Gasteiger partial charge in [-0.15, -0.1) is 0 Å². The zero-order valence-corrected chi connectivity index (χ0v) is 16.7. The van der Waals surface area contributed by atoms with Gasteiger partial charge in [0, 0.05) is 0 Å². The zero-order valence-electron chi connectivity index (χ0n) is 16.7. The summed E-state index contributed by atoms with van der Waals surface area (Å²) in [6, 6.07) is 5.11. The fourth-order valence-electron chi connectivity index (χ4n) is 3.63. The molecule has 2 aliphatic rings. The molecule has 0 radical (unpaired) electrons. The summed E-state index contributed by atoms with van der Waals surface area (Å²) >= 11 is 0. The first-order valence-corrected chi connectivity index (χ1v) is 9.58. The number of nitrogens with one attached hydrogen (secondary N) is 2. The summed E-state index contributed by atoms with van der Waals surface area (Å²) in [5.74, 6) is -2.55. The molecule has 0 bridgehead atoms. The van der Waals surface area contributed by atoms with Gasteiger partial charge in [-0.2, -0.15) is 5.01 Å². The summed E-state index contributed by atoms with van der Waals surface area (Å²) in [6.07, 6.45) is 2.60. The third-order valence-electron chi connectivity index (χ3n) is 5.41. The van der Waals surface area contributed by atoms with E-state index in [9.17, 15) is 24.0 Å². The van der Waals surface area contributed by atoms with Crippen molar-refractivity contribution in [1.29, 1.82) is 0 Å². The molecule has 160 valence electrons. The second kappa shape index (κ2) is 8.52. The molecular formula is C20H23N3O7. The van der Waals surface area contributed by atoms with Crippen molar-refractivity contribution in [2.75, 3.05) is 13.7 Å². The monoisotopic (exact) mass is 417 g/mol. The first kappa shape index (κ1) is 21.3. The molecule has 30 heavy (non-hydrogen) atoms. The highest BCUT2D eigenvalue weighted by Gasteiger charge is 2.52. The number of nitrogens with zero attached hydrogens (tertiary/aromatic N) is 1. The van der Waals surface area contributed by atoms with E-state index in [0.29, 0.717) is 23.8 Å². The quantitative estimate of drug-likeness (QED) is 0.543. The Kier molecular flexibility index (Phi) is 6.04. The number of hydrazine groups is 1. The standard InChI is InChI=1S/C20H23N3O7/c1-12-7-9-20(10-8-12)18(27)23(19(28)21-20)22-15(24)11-30-17(26)14-6-4-3-5-13(14)16(25)29-2/h3-6,12H,7-11H2,1-2H3,(H,21,28)(H,22,24). The molecule has 1 saturated heterocycles. The van der Waals surface area contributed by atoms with Crippen molar-refractivity contribution in [2.24, 2.45) is 5.92 Å². The lowest BCUT2D eigenvalue weighted by Crippen LogP contribution is -2.52. The molecule has 3 rings (SSSR count). The molecule has 0 atom stereocenters. The second-order valence-electron chi connectivity index (χ2n) is 7.48. The molecule has 1 spiro atoms. The smallest absolute Gasteiger partial charge is 0.344 e. The van der Waals surface area contributed by atoms with Crippen molar-refractivity contribution in [2.45, 2.75) is 38.1 Å². The van der Waals surface area contributed by atoms with Gasteiger partial charge in [0.1, 0.15) is 5.54 Å². The summed E-state index contributed by atoms with van der Waals surface area (Å²) in [5.41, 5.74) is 1.11. The Morgan fingerprint density at radius 1 is 1.13 bits per heavy atom. The highest BCUT2D eigenvalue weighted by atomic mass is 16.5. The lowest BCUT2D eigenvalue weighted by Gasteiger charge is -2.33. The number of amides is 4. The van der Waals surface area contributed by atoms with Gasteiger partial charge in [0.25, 0.3) is 11.8 Å². The third kappa shape index (κ3) is 4.12. The van der Waals surface area contributed by atoms with Crippen LogP contribution < -0.4 is 10.7 Å². The van der Waals surface area contributed by atoms with Crippen LogP contribution in [0.4, 0.5) is 4.79 Å². The Labute approximate surface area is 172 Å². The fourth-order valence-corrected chi connectivity index (χ4v) is 3.63. The van der Waals surface area contributed by atoms with Crippen LogP contribution in [0.5, 0.6) is 0 Å². The number of benzene rings is 1. The van der Waals surface area contributed by atoms with E-state index in [2.05, 4.69) is 22.4 Å². The summed E-state index contributed by atoms with van der Waals surface area (Å²) < 4.78 is 9.54. The van der Waals surface area contributed by atoms with Crippen LogP contribution in [0.2, 0.25) is 0 Å². The number of esters is 2. The van der Waals surface area contributed by atoms with E-state index in [1.807, 2.05) is 0 Å². The number of ether oxygens (including phenoxy) is 2. The molecule has 2 fully saturated rings. The van der Waals surface area contributed by atoms with Gasteiger partial charge in [-0.3, -0.25) is 15.0 Å². The fraction of sp³-hybridized carbons (Fsp3) is 0.450. The molecule has 1 aromatic rings. The number of rotatable bonds is 5. The van der Waals surface area contributed by atoms with E-state index in [4.69, 9.17) is 4.74 Å². The number of methoxy groups -OCH3 is 1. The van der Waals surface area contributed by atoms with Crippen LogP contribution in [0, 0.1) is 5.92 Å². The first-order chi connectivity index (χ1) is 14.3. The molecular weight excluding hydrogens is 394 g/mol. The summed E-state index contributed by atoms with van der Waals surface area (Å²) in [7, 11) is 1.18. The molecule has 10 heteroatoms. The van der Waals surface area contributed by atoms with Crippen LogP contribution in [-0.2, 0) is 19.1 Å². The number of carbonyl (C=O) groups is 5. The van der Waals surface area contributed by atoms with Crippen LogP contribution in [-0.4, -0.2) is 54.0 Å². The molecule has 1 heterocycles. The molecule has 0 aromatic heterocycles. The van der Waals surface area contributed by atoms with Crippen molar-refractivity contribution in [1.82, 2.24) is 15.8 Å². The van der Waals surface area contributed by atoms with Gasteiger partial charge >= 0.3 is 18.0 Å². The van der Waals surface area contributed by atoms with Crippen molar-refractivity contribution < 1.29 is 33.4 Å². The minimum Gasteiger partial charge on any atom is -0.465 e. The highest BCUT2D eigenvalue weighted by Crippen LogP contribution is 2.35. The molecule has 10 nitrogen and oxygen atoms in total. The van der Waals surface area contributed by atoms with Gasteiger partial charge in [0.15, 0.2) is 6.61 Å². The number of imide groups is 1. The van der Waals surface area contributed by atoms with Gasteiger partial charge < -0.3 is 14.8 Å². The van der Waals surface area contributed by atoms with Gasteiger partial charge in [-0.25, -0.2) is 14.4 Å². The van der Waals surface area contributed by atoms with Gasteiger partial charge in [-0.05, 0) is 43.7 Å². The average molecular weight is 417 g/mol. The topological polar surface area (TPSA) is 131 Å². The molecule has 1 aliphatic heterocycles. The van der Waals surface area contributed by atoms with Crippen molar-refractivity contribution in [3.63, 3.8) is 0 Å². The van der Waals surface area contributed by atoms with E-state index in [1.165, 1.54) is 25.3 Å². The van der Waals surface area contributed by atoms with Crippen molar-refractivity contribution in [3.8, 4) is 0 Å². The van der Waals surface area contributed by atoms with Crippen molar-refractivity contribution >= 4 is 29.8 Å². The Bertz CT molecular complexity index is 890. The molecule has 4 amide bonds. The van der Waals surface area contributed by atoms with Crippen LogP contribution in [0.15, 0.2) is 24.3 Å². The first-order valence-electron chi connectivity index (χ1n) is 9.58. The van der Waals surface area contributed by atoms with Crippen LogP contribution in [0.3, 0.4) is 0 Å². The zero-order chi connectivity index (χ0) is 21.9. The van der Waals surface area contributed by atoms with E-state index < -0.39 is 41.9 Å². The number of hydrogen-bond donors (Lipinski definition) is 2. The Morgan fingerprint density at radius 3 is 2.33 bits per heavy atom. The van der Waals surface area contributed by atoms with Crippen LogP contribution in [0.25, 0.3) is 0 Å². The van der Waals surface area contributed by atoms with Gasteiger partial charge in [-0.1, -0.05) is 19.1 Å². The van der Waals surface area contributed by atoms with Gasteiger partial charge in [0.05, 0.1) is 18.2 Å². The molecule has 1 aromatic carbocycles. The lowest BCUT2D eigenvalue weighted by atomic mass is 9.77. The largest absolute Gasteiger partial charge is 0.465 e. The number of urea groups is 1. The predicted octanol–water partition coefficient (Wildman–Crippen LogP) is 1.16. The molecule has 1 aliphatic carbocycles. The lowest BCUT2D eigenvalue weighted by molar-refractivity contribution is -0.141. The third-order valence-corrected chi connectivity index (χ3v) is 5.41. The maximum atomic E-state index is 12.7. The molecule has 1 saturated carbocycles. The average Bonchev–Trinajstić information content (AvgIpc) is 2.97. The Morgan fingerprint density at radius 2 is 1.73 bits per heavy atom. The predicted molar refractivity (Wildman–Crippen MR) is 102 cm³/mol. The minimum absolute atomic E-state index is 0.00650. The van der Waals surface area contributed by atoms with Crippen LogP contribution >= 0.6 is 0 Å². The van der Waals surface area contributed by atoms with E-state index in [0.717, 1.165) is 12.8 Å². The normalized spacial score (nSPS) is 23.1. The van der Waals surface area contributed by atoms with Crippen molar-refractivity contribution in [3.05, 3.63) is 35.4 Å². The highest BCUT2D eigenvalue weighted by molar-refractivity contribution is 6.08. The summed E-state index contributed by atoms with van der Waals surface area (Å²) in [5, 5.41) is 3.31. The SMILES string of the molecule is COC(=O)c1ccccc1C(=O)OCC(=O)NN1C(=O)NC2(CCC(C)CC2)C1=O. The maximum absolute atomic E-state index is 12.7.